The summed E-state index contributed by atoms with van der Waals surface area (Å²) in [6.07, 6.45) is 0. The van der Waals surface area contributed by atoms with Crippen molar-refractivity contribution in [1.82, 2.24) is 15.1 Å². The normalized spacial score (nSPS) is 22.4. The molecule has 0 amide bonds. The Morgan fingerprint density at radius 2 is 2.20 bits per heavy atom. The summed E-state index contributed by atoms with van der Waals surface area (Å²) in [4.78, 5) is 4.80. The molecule has 0 aromatic heterocycles. The van der Waals surface area contributed by atoms with Crippen LogP contribution in [-0.4, -0.2) is 56.1 Å². The lowest BCUT2D eigenvalue weighted by atomic mass is 10.0. The second-order valence-corrected chi connectivity index (χ2v) is 5.76. The van der Waals surface area contributed by atoms with E-state index in [0.29, 0.717) is 6.04 Å². The van der Waals surface area contributed by atoms with Crippen molar-refractivity contribution in [2.24, 2.45) is 0 Å². The minimum absolute atomic E-state index is 0.268. The van der Waals surface area contributed by atoms with E-state index in [1.165, 1.54) is 5.56 Å². The summed E-state index contributed by atoms with van der Waals surface area (Å²) in [6, 6.07) is 10.9. The number of likely N-dealkylation sites (N-methyl/N-ethyl adjacent to an activating group) is 2. The quantitative estimate of drug-likeness (QED) is 0.901. The monoisotopic (exact) mass is 272 g/mol. The van der Waals surface area contributed by atoms with E-state index in [1.807, 2.05) is 18.2 Å². The standard InChI is InChI=1S/C16H24N4/c1-13(15-6-4-5-14(9-15)10-17)18-11-16-12-19(2)7-8-20(16)3/h4-6,9,13,16,18H,7-8,11-12H2,1-3H3. The second-order valence-electron chi connectivity index (χ2n) is 5.76. The average Bonchev–Trinajstić information content (AvgIpc) is 2.48. The lowest BCUT2D eigenvalue weighted by molar-refractivity contribution is 0.112. The number of nitrogens with zero attached hydrogens (tertiary/aromatic N) is 3. The van der Waals surface area contributed by atoms with Crippen LogP contribution in [0.2, 0.25) is 0 Å². The van der Waals surface area contributed by atoms with Gasteiger partial charge >= 0.3 is 0 Å². The van der Waals surface area contributed by atoms with Crippen LogP contribution in [0, 0.1) is 11.3 Å². The highest BCUT2D eigenvalue weighted by Crippen LogP contribution is 2.14. The Morgan fingerprint density at radius 1 is 1.40 bits per heavy atom. The number of benzene rings is 1. The van der Waals surface area contributed by atoms with Gasteiger partial charge in [-0.05, 0) is 38.7 Å². The van der Waals surface area contributed by atoms with Crippen molar-refractivity contribution in [1.29, 1.82) is 5.26 Å². The van der Waals surface area contributed by atoms with Crippen molar-refractivity contribution < 1.29 is 0 Å². The van der Waals surface area contributed by atoms with Crippen LogP contribution in [0.4, 0.5) is 0 Å². The fourth-order valence-corrected chi connectivity index (χ4v) is 2.63. The molecule has 0 radical (unpaired) electrons. The largest absolute Gasteiger partial charge is 0.309 e. The highest BCUT2D eigenvalue weighted by molar-refractivity contribution is 5.34. The minimum atomic E-state index is 0.268. The molecular weight excluding hydrogens is 248 g/mol. The maximum Gasteiger partial charge on any atom is 0.0991 e. The van der Waals surface area contributed by atoms with Gasteiger partial charge < -0.3 is 10.2 Å². The molecule has 2 rings (SSSR count). The molecule has 1 aromatic carbocycles. The maximum absolute atomic E-state index is 8.96. The molecule has 0 aliphatic carbocycles. The molecule has 0 bridgehead atoms. The van der Waals surface area contributed by atoms with Gasteiger partial charge in [-0.2, -0.15) is 5.26 Å². The van der Waals surface area contributed by atoms with E-state index in [4.69, 9.17) is 5.26 Å². The first kappa shape index (κ1) is 15.0. The molecule has 1 heterocycles. The molecule has 0 saturated carbocycles. The zero-order valence-electron chi connectivity index (χ0n) is 12.6. The highest BCUT2D eigenvalue weighted by Gasteiger charge is 2.22. The van der Waals surface area contributed by atoms with Gasteiger partial charge in [-0.1, -0.05) is 12.1 Å². The first-order valence-corrected chi connectivity index (χ1v) is 7.22. The summed E-state index contributed by atoms with van der Waals surface area (Å²) < 4.78 is 0. The molecule has 2 unspecified atom stereocenters. The Labute approximate surface area is 122 Å². The third kappa shape index (κ3) is 3.80. The Hall–Kier alpha value is -1.41. The van der Waals surface area contributed by atoms with Gasteiger partial charge in [0.15, 0.2) is 0 Å². The highest BCUT2D eigenvalue weighted by atomic mass is 15.3. The summed E-state index contributed by atoms with van der Waals surface area (Å²) in [5, 5.41) is 12.6. The molecule has 20 heavy (non-hydrogen) atoms. The molecule has 0 spiro atoms. The molecule has 1 aliphatic rings. The predicted octanol–water partition coefficient (Wildman–Crippen LogP) is 1.45. The molecule has 1 fully saturated rings. The zero-order valence-corrected chi connectivity index (χ0v) is 12.6. The number of hydrogen-bond acceptors (Lipinski definition) is 4. The molecule has 1 aliphatic heterocycles. The zero-order chi connectivity index (χ0) is 14.5. The molecule has 1 saturated heterocycles. The first-order chi connectivity index (χ1) is 9.60. The predicted molar refractivity (Wildman–Crippen MR) is 81.5 cm³/mol. The Kier molecular flexibility index (Phi) is 5.13. The van der Waals surface area contributed by atoms with Crippen molar-refractivity contribution in [2.75, 3.05) is 40.3 Å². The van der Waals surface area contributed by atoms with E-state index in [2.05, 4.69) is 48.3 Å². The Morgan fingerprint density at radius 3 is 2.95 bits per heavy atom. The van der Waals surface area contributed by atoms with Gasteiger partial charge in [0.1, 0.15) is 0 Å². The van der Waals surface area contributed by atoms with Crippen LogP contribution in [-0.2, 0) is 0 Å². The van der Waals surface area contributed by atoms with Crippen LogP contribution in [0.1, 0.15) is 24.1 Å². The fourth-order valence-electron chi connectivity index (χ4n) is 2.63. The van der Waals surface area contributed by atoms with Gasteiger partial charge in [0.25, 0.3) is 0 Å². The van der Waals surface area contributed by atoms with Crippen molar-refractivity contribution in [2.45, 2.75) is 19.0 Å². The van der Waals surface area contributed by atoms with E-state index >= 15 is 0 Å². The van der Waals surface area contributed by atoms with Crippen molar-refractivity contribution >= 4 is 0 Å². The molecule has 4 nitrogen and oxygen atoms in total. The third-order valence-corrected chi connectivity index (χ3v) is 4.16. The smallest absolute Gasteiger partial charge is 0.0991 e. The van der Waals surface area contributed by atoms with Crippen LogP contribution in [0.15, 0.2) is 24.3 Å². The van der Waals surface area contributed by atoms with Gasteiger partial charge in [0.05, 0.1) is 11.6 Å². The van der Waals surface area contributed by atoms with Crippen LogP contribution >= 0.6 is 0 Å². The van der Waals surface area contributed by atoms with E-state index in [1.54, 1.807) is 0 Å². The Balaban J connectivity index is 1.91. The van der Waals surface area contributed by atoms with Gasteiger partial charge in [-0.15, -0.1) is 0 Å². The molecule has 4 heteroatoms. The van der Waals surface area contributed by atoms with Crippen LogP contribution in [0.5, 0.6) is 0 Å². The SMILES string of the molecule is CC(NCC1CN(C)CCN1C)c1cccc(C#N)c1. The summed E-state index contributed by atoms with van der Waals surface area (Å²) in [6.45, 7) is 6.50. The number of piperazine rings is 1. The summed E-state index contributed by atoms with van der Waals surface area (Å²) in [5.74, 6) is 0. The summed E-state index contributed by atoms with van der Waals surface area (Å²) >= 11 is 0. The van der Waals surface area contributed by atoms with Crippen molar-refractivity contribution in [3.05, 3.63) is 35.4 Å². The van der Waals surface area contributed by atoms with Crippen molar-refractivity contribution in [3.8, 4) is 6.07 Å². The topological polar surface area (TPSA) is 42.3 Å². The van der Waals surface area contributed by atoms with E-state index in [-0.39, 0.29) is 6.04 Å². The fraction of sp³-hybridized carbons (Fsp3) is 0.562. The third-order valence-electron chi connectivity index (χ3n) is 4.16. The molecule has 108 valence electrons. The van der Waals surface area contributed by atoms with Gasteiger partial charge in [-0.25, -0.2) is 0 Å². The lowest BCUT2D eigenvalue weighted by Gasteiger charge is -2.38. The number of rotatable bonds is 4. The number of hydrogen-bond donors (Lipinski definition) is 1. The minimum Gasteiger partial charge on any atom is -0.309 e. The second kappa shape index (κ2) is 6.85. The lowest BCUT2D eigenvalue weighted by Crippen LogP contribution is -2.53. The van der Waals surface area contributed by atoms with Gasteiger partial charge in [0, 0.05) is 38.3 Å². The van der Waals surface area contributed by atoms with Gasteiger partial charge in [-0.3, -0.25) is 4.90 Å². The van der Waals surface area contributed by atoms with E-state index in [9.17, 15) is 0 Å². The van der Waals surface area contributed by atoms with Gasteiger partial charge in [0.2, 0.25) is 0 Å². The number of nitriles is 1. The summed E-state index contributed by atoms with van der Waals surface area (Å²) in [5.41, 5.74) is 1.90. The maximum atomic E-state index is 8.96. The number of nitrogens with one attached hydrogen (secondary N) is 1. The van der Waals surface area contributed by atoms with Crippen LogP contribution in [0.25, 0.3) is 0 Å². The average molecular weight is 272 g/mol. The van der Waals surface area contributed by atoms with Crippen LogP contribution < -0.4 is 5.32 Å². The summed E-state index contributed by atoms with van der Waals surface area (Å²) in [7, 11) is 4.38. The molecule has 2 atom stereocenters. The molecule has 1 aromatic rings. The van der Waals surface area contributed by atoms with E-state index in [0.717, 1.165) is 31.7 Å². The first-order valence-electron chi connectivity index (χ1n) is 7.22. The molecular formula is C16H24N4. The Bertz CT molecular complexity index is 480. The van der Waals surface area contributed by atoms with E-state index < -0.39 is 0 Å². The van der Waals surface area contributed by atoms with Crippen LogP contribution in [0.3, 0.4) is 0 Å². The molecule has 1 N–H and O–H groups in total. The van der Waals surface area contributed by atoms with Crippen molar-refractivity contribution in [3.63, 3.8) is 0 Å².